The van der Waals surface area contributed by atoms with Gasteiger partial charge >= 0.3 is 0 Å². The zero-order valence-corrected chi connectivity index (χ0v) is 22.0. The van der Waals surface area contributed by atoms with E-state index in [0.717, 1.165) is 35.3 Å². The van der Waals surface area contributed by atoms with Crippen LogP contribution in [0.15, 0.2) is 103 Å². The standard InChI is InChI=1S/C33H40O4/c1-2-3-4-5-15-22-30-32(35-24-28-18-11-7-12-19-28)33(36-25-29-20-13-8-14-21-29)31(37-30)26-34-23-27-16-9-6-10-17-27/h6-14,16-22,31-33H,2-5,15,23-26H2,1H3. The van der Waals surface area contributed by atoms with Crippen molar-refractivity contribution in [2.45, 2.75) is 77.2 Å². The van der Waals surface area contributed by atoms with Crippen molar-refractivity contribution >= 4 is 0 Å². The van der Waals surface area contributed by atoms with Crippen molar-refractivity contribution in [2.24, 2.45) is 0 Å². The van der Waals surface area contributed by atoms with Crippen LogP contribution < -0.4 is 0 Å². The molecule has 1 saturated heterocycles. The lowest BCUT2D eigenvalue weighted by molar-refractivity contribution is -0.0894. The van der Waals surface area contributed by atoms with E-state index in [9.17, 15) is 0 Å². The maximum atomic E-state index is 6.51. The smallest absolute Gasteiger partial charge is 0.151 e. The Kier molecular flexibility index (Phi) is 11.3. The molecule has 37 heavy (non-hydrogen) atoms. The average molecular weight is 501 g/mol. The lowest BCUT2D eigenvalue weighted by Gasteiger charge is -2.23. The second kappa shape index (κ2) is 15.4. The Hall–Kier alpha value is -2.92. The Morgan fingerprint density at radius 2 is 1.24 bits per heavy atom. The molecular weight excluding hydrogens is 460 g/mol. The molecule has 0 saturated carbocycles. The van der Waals surface area contributed by atoms with Gasteiger partial charge in [-0.2, -0.15) is 0 Å². The number of rotatable bonds is 15. The van der Waals surface area contributed by atoms with Crippen LogP contribution in [0.1, 0.15) is 55.7 Å². The number of benzene rings is 3. The monoisotopic (exact) mass is 500 g/mol. The van der Waals surface area contributed by atoms with E-state index >= 15 is 0 Å². The fourth-order valence-corrected chi connectivity index (χ4v) is 4.54. The Morgan fingerprint density at radius 1 is 0.676 bits per heavy atom. The summed E-state index contributed by atoms with van der Waals surface area (Å²) in [6, 6.07) is 30.8. The molecule has 4 rings (SSSR count). The third-order valence-corrected chi connectivity index (χ3v) is 6.59. The van der Waals surface area contributed by atoms with Crippen LogP contribution in [-0.4, -0.2) is 24.9 Å². The maximum Gasteiger partial charge on any atom is 0.151 e. The molecule has 0 spiro atoms. The van der Waals surface area contributed by atoms with Gasteiger partial charge in [0.05, 0.1) is 26.4 Å². The van der Waals surface area contributed by atoms with Crippen molar-refractivity contribution in [1.82, 2.24) is 0 Å². The SMILES string of the molecule is CCCCCCC=C1OC(COCc2ccccc2)C(OCc2ccccc2)C1OCc1ccccc1. The van der Waals surface area contributed by atoms with E-state index < -0.39 is 0 Å². The second-order valence-corrected chi connectivity index (χ2v) is 9.59. The Bertz CT molecular complexity index is 1040. The first-order valence-corrected chi connectivity index (χ1v) is 13.6. The number of allylic oxidation sites excluding steroid dienone is 1. The zero-order valence-electron chi connectivity index (χ0n) is 22.0. The van der Waals surface area contributed by atoms with E-state index in [1.54, 1.807) is 0 Å². The molecular formula is C33H40O4. The van der Waals surface area contributed by atoms with Gasteiger partial charge in [0, 0.05) is 0 Å². The first-order valence-electron chi connectivity index (χ1n) is 13.6. The van der Waals surface area contributed by atoms with Crippen molar-refractivity contribution in [1.29, 1.82) is 0 Å². The predicted molar refractivity (Wildman–Crippen MR) is 148 cm³/mol. The van der Waals surface area contributed by atoms with Gasteiger partial charge in [0.25, 0.3) is 0 Å². The Morgan fingerprint density at radius 3 is 1.84 bits per heavy atom. The van der Waals surface area contributed by atoms with Gasteiger partial charge in [-0.05, 0) is 35.6 Å². The summed E-state index contributed by atoms with van der Waals surface area (Å²) in [6.07, 6.45) is 7.27. The molecule has 0 aromatic heterocycles. The molecule has 1 heterocycles. The van der Waals surface area contributed by atoms with Gasteiger partial charge in [0.1, 0.15) is 18.0 Å². The van der Waals surface area contributed by atoms with Crippen LogP contribution in [0.3, 0.4) is 0 Å². The minimum Gasteiger partial charge on any atom is -0.487 e. The summed E-state index contributed by atoms with van der Waals surface area (Å²) in [5.74, 6) is 0.874. The average Bonchev–Trinajstić information content (AvgIpc) is 3.28. The first kappa shape index (κ1) is 27.1. The molecule has 3 aromatic rings. The highest BCUT2D eigenvalue weighted by molar-refractivity contribution is 5.17. The van der Waals surface area contributed by atoms with Gasteiger partial charge in [-0.1, -0.05) is 117 Å². The van der Waals surface area contributed by atoms with Crippen LogP contribution in [-0.2, 0) is 38.8 Å². The Balaban J connectivity index is 1.47. The summed E-state index contributed by atoms with van der Waals surface area (Å²) >= 11 is 0. The highest BCUT2D eigenvalue weighted by Crippen LogP contribution is 2.32. The molecule has 4 heteroatoms. The molecule has 0 N–H and O–H groups in total. The largest absolute Gasteiger partial charge is 0.487 e. The van der Waals surface area contributed by atoms with Crippen molar-refractivity contribution < 1.29 is 18.9 Å². The van der Waals surface area contributed by atoms with E-state index in [-0.39, 0.29) is 18.3 Å². The van der Waals surface area contributed by atoms with Crippen LogP contribution in [0, 0.1) is 0 Å². The number of hydrogen-bond acceptors (Lipinski definition) is 4. The quantitative estimate of drug-likeness (QED) is 0.201. The molecule has 0 amide bonds. The lowest BCUT2D eigenvalue weighted by Crippen LogP contribution is -2.37. The molecule has 3 unspecified atom stereocenters. The molecule has 196 valence electrons. The van der Waals surface area contributed by atoms with E-state index in [1.165, 1.54) is 19.3 Å². The third kappa shape index (κ3) is 8.85. The van der Waals surface area contributed by atoms with Crippen LogP contribution >= 0.6 is 0 Å². The fraction of sp³-hybridized carbons (Fsp3) is 0.394. The summed E-state index contributed by atoms with van der Waals surface area (Å²) in [6.45, 7) is 4.22. The first-order chi connectivity index (χ1) is 18.3. The van der Waals surface area contributed by atoms with Crippen molar-refractivity contribution in [3.8, 4) is 0 Å². The zero-order chi connectivity index (χ0) is 25.5. The molecule has 0 aliphatic carbocycles. The fourth-order valence-electron chi connectivity index (χ4n) is 4.54. The summed E-state index contributed by atoms with van der Waals surface area (Å²) in [4.78, 5) is 0. The van der Waals surface area contributed by atoms with E-state index in [4.69, 9.17) is 18.9 Å². The van der Waals surface area contributed by atoms with Gasteiger partial charge < -0.3 is 18.9 Å². The molecule has 1 aliphatic rings. The van der Waals surface area contributed by atoms with Gasteiger partial charge in [0.15, 0.2) is 6.10 Å². The molecule has 3 aromatic carbocycles. The van der Waals surface area contributed by atoms with Crippen LogP contribution in [0.25, 0.3) is 0 Å². The van der Waals surface area contributed by atoms with Crippen molar-refractivity contribution in [3.05, 3.63) is 120 Å². The maximum absolute atomic E-state index is 6.51. The summed E-state index contributed by atoms with van der Waals surface area (Å²) < 4.78 is 25.6. The number of hydrogen-bond donors (Lipinski definition) is 0. The third-order valence-electron chi connectivity index (χ3n) is 6.59. The Labute approximate surface area is 222 Å². The van der Waals surface area contributed by atoms with Crippen LogP contribution in [0.4, 0.5) is 0 Å². The second-order valence-electron chi connectivity index (χ2n) is 9.59. The molecule has 0 bridgehead atoms. The lowest BCUT2D eigenvalue weighted by atomic mass is 10.1. The van der Waals surface area contributed by atoms with Gasteiger partial charge in [-0.25, -0.2) is 0 Å². The van der Waals surface area contributed by atoms with Crippen LogP contribution in [0.5, 0.6) is 0 Å². The topological polar surface area (TPSA) is 36.9 Å². The minimum absolute atomic E-state index is 0.241. The summed E-state index contributed by atoms with van der Waals surface area (Å²) in [7, 11) is 0. The van der Waals surface area contributed by atoms with Crippen molar-refractivity contribution in [3.63, 3.8) is 0 Å². The molecule has 1 fully saturated rings. The molecule has 0 radical (unpaired) electrons. The highest BCUT2D eigenvalue weighted by Gasteiger charge is 2.43. The van der Waals surface area contributed by atoms with E-state index in [2.05, 4.69) is 49.4 Å². The molecule has 4 nitrogen and oxygen atoms in total. The number of ether oxygens (including phenoxy) is 4. The van der Waals surface area contributed by atoms with Gasteiger partial charge in [-0.15, -0.1) is 0 Å². The minimum atomic E-state index is -0.277. The van der Waals surface area contributed by atoms with Crippen molar-refractivity contribution in [2.75, 3.05) is 6.61 Å². The molecule has 3 atom stereocenters. The van der Waals surface area contributed by atoms with Crippen LogP contribution in [0.2, 0.25) is 0 Å². The van der Waals surface area contributed by atoms with Gasteiger partial charge in [-0.3, -0.25) is 0 Å². The summed E-state index contributed by atoms with van der Waals surface area (Å²) in [5.41, 5.74) is 3.41. The normalized spacial score (nSPS) is 20.2. The molecule has 1 aliphatic heterocycles. The van der Waals surface area contributed by atoms with E-state index in [1.807, 2.05) is 54.6 Å². The number of unbranched alkanes of at least 4 members (excludes halogenated alkanes) is 4. The predicted octanol–water partition coefficient (Wildman–Crippen LogP) is 7.63. The van der Waals surface area contributed by atoms with Gasteiger partial charge in [0.2, 0.25) is 0 Å². The summed E-state index contributed by atoms with van der Waals surface area (Å²) in [5, 5.41) is 0. The highest BCUT2D eigenvalue weighted by atomic mass is 16.6. The van der Waals surface area contributed by atoms with E-state index in [0.29, 0.717) is 26.4 Å².